The molecule has 1 aliphatic carbocycles. The molecule has 0 aromatic carbocycles. The van der Waals surface area contributed by atoms with Crippen LogP contribution in [0.15, 0.2) is 24.5 Å². The predicted octanol–water partition coefficient (Wildman–Crippen LogP) is 3.76. The number of carbonyl (C=O) groups is 2. The van der Waals surface area contributed by atoms with Crippen LogP contribution in [0.5, 0.6) is 0 Å². The summed E-state index contributed by atoms with van der Waals surface area (Å²) in [7, 11) is 0. The molecule has 1 aliphatic rings. The van der Waals surface area contributed by atoms with Gasteiger partial charge in [-0.3, -0.25) is 0 Å². The van der Waals surface area contributed by atoms with Gasteiger partial charge in [0, 0.05) is 6.04 Å². The number of hydrogen-bond acceptors (Lipinski definition) is 6. The van der Waals surface area contributed by atoms with Gasteiger partial charge in [0.2, 0.25) is 0 Å². The molecular weight excluding hydrogens is 368 g/mol. The number of pyridine rings is 2. The van der Waals surface area contributed by atoms with E-state index in [1.54, 1.807) is 0 Å². The molecule has 9 heteroatoms. The van der Waals surface area contributed by atoms with Crippen LogP contribution in [0.3, 0.4) is 0 Å². The molecule has 0 atom stereocenters. The summed E-state index contributed by atoms with van der Waals surface area (Å²) in [5, 5.41) is 2.75. The molecule has 1 fully saturated rings. The zero-order chi connectivity index (χ0) is 18.7. The molecule has 6 nitrogen and oxygen atoms in total. The molecule has 0 amide bonds. The fourth-order valence-electron chi connectivity index (χ4n) is 2.73. The van der Waals surface area contributed by atoms with E-state index in [9.17, 15) is 18.4 Å². The van der Waals surface area contributed by atoms with Crippen LogP contribution < -0.4 is 5.32 Å². The third kappa shape index (κ3) is 4.13. The van der Waals surface area contributed by atoms with Gasteiger partial charge in [-0.1, -0.05) is 24.4 Å². The van der Waals surface area contributed by atoms with Crippen LogP contribution in [-0.2, 0) is 4.74 Å². The number of carbonyl (C=O) groups excluding carboxylic acids is 2. The lowest BCUT2D eigenvalue weighted by Crippen LogP contribution is -2.21. The second kappa shape index (κ2) is 7.74. The molecule has 0 saturated heterocycles. The van der Waals surface area contributed by atoms with E-state index in [1.165, 1.54) is 0 Å². The third-order valence-corrected chi connectivity index (χ3v) is 4.28. The van der Waals surface area contributed by atoms with Gasteiger partial charge in [0.25, 0.3) is 0 Å². The average Bonchev–Trinajstić information content (AvgIpc) is 3.11. The second-order valence-electron chi connectivity index (χ2n) is 5.84. The van der Waals surface area contributed by atoms with Gasteiger partial charge in [-0.2, -0.15) is 0 Å². The van der Waals surface area contributed by atoms with Gasteiger partial charge in [-0.15, -0.1) is 0 Å². The lowest BCUT2D eigenvalue weighted by Gasteiger charge is -2.15. The van der Waals surface area contributed by atoms with E-state index in [2.05, 4.69) is 15.3 Å². The van der Waals surface area contributed by atoms with Crippen LogP contribution >= 0.6 is 11.6 Å². The molecule has 26 heavy (non-hydrogen) atoms. The first-order valence-corrected chi connectivity index (χ1v) is 8.31. The summed E-state index contributed by atoms with van der Waals surface area (Å²) in [6.45, 7) is 0. The first-order valence-electron chi connectivity index (χ1n) is 7.93. The van der Waals surface area contributed by atoms with Crippen molar-refractivity contribution in [1.82, 2.24) is 9.97 Å². The van der Waals surface area contributed by atoms with Gasteiger partial charge in [0.15, 0.2) is 0 Å². The molecule has 2 heterocycles. The minimum Gasteiger partial charge on any atom is -0.386 e. The second-order valence-corrected chi connectivity index (χ2v) is 6.20. The Balaban J connectivity index is 1.81. The van der Waals surface area contributed by atoms with Crippen LogP contribution in [0, 0.1) is 11.6 Å². The summed E-state index contributed by atoms with van der Waals surface area (Å²) in [6.07, 6.45) is 5.67. The van der Waals surface area contributed by atoms with E-state index in [-0.39, 0.29) is 22.6 Å². The van der Waals surface area contributed by atoms with E-state index in [4.69, 9.17) is 16.3 Å². The van der Waals surface area contributed by atoms with E-state index < -0.39 is 29.1 Å². The minimum atomic E-state index is -1.19. The molecule has 1 saturated carbocycles. The Labute approximate surface area is 152 Å². The summed E-state index contributed by atoms with van der Waals surface area (Å²) < 4.78 is 31.5. The number of esters is 2. The minimum absolute atomic E-state index is 0.108. The van der Waals surface area contributed by atoms with Crippen molar-refractivity contribution in [2.75, 3.05) is 5.32 Å². The quantitative estimate of drug-likeness (QED) is 0.493. The van der Waals surface area contributed by atoms with Crippen molar-refractivity contribution < 1.29 is 23.1 Å². The smallest absolute Gasteiger partial charge is 0.349 e. The maximum Gasteiger partial charge on any atom is 0.349 e. The summed E-state index contributed by atoms with van der Waals surface area (Å²) in [5.74, 6) is -3.76. The molecule has 136 valence electrons. The van der Waals surface area contributed by atoms with Gasteiger partial charge < -0.3 is 10.1 Å². The first-order chi connectivity index (χ1) is 12.4. The molecule has 1 N–H and O–H groups in total. The summed E-state index contributed by atoms with van der Waals surface area (Å²) in [4.78, 5) is 31.7. The highest BCUT2D eigenvalue weighted by atomic mass is 35.5. The molecule has 2 aromatic rings. The van der Waals surface area contributed by atoms with E-state index >= 15 is 0 Å². The molecule has 2 aromatic heterocycles. The van der Waals surface area contributed by atoms with Crippen molar-refractivity contribution in [2.24, 2.45) is 0 Å². The van der Waals surface area contributed by atoms with Crippen molar-refractivity contribution in [3.8, 4) is 0 Å². The number of hydrogen-bond donors (Lipinski definition) is 1. The molecule has 0 radical (unpaired) electrons. The number of nitrogens with zero attached hydrogens (tertiary/aromatic N) is 2. The van der Waals surface area contributed by atoms with Crippen molar-refractivity contribution in [3.05, 3.63) is 52.4 Å². The van der Waals surface area contributed by atoms with E-state index in [1.807, 2.05) is 0 Å². The van der Waals surface area contributed by atoms with Crippen molar-refractivity contribution in [2.45, 2.75) is 31.7 Å². The molecule has 0 unspecified atom stereocenters. The molecule has 0 spiro atoms. The Hall–Kier alpha value is -2.61. The van der Waals surface area contributed by atoms with Gasteiger partial charge in [-0.05, 0) is 25.0 Å². The number of nitrogens with one attached hydrogen (secondary N) is 1. The van der Waals surface area contributed by atoms with Gasteiger partial charge in [-0.25, -0.2) is 28.3 Å². The van der Waals surface area contributed by atoms with Crippen LogP contribution in [0.25, 0.3) is 0 Å². The number of aromatic nitrogens is 2. The van der Waals surface area contributed by atoms with Crippen molar-refractivity contribution >= 4 is 29.4 Å². The first kappa shape index (κ1) is 18.2. The van der Waals surface area contributed by atoms with Gasteiger partial charge >= 0.3 is 11.9 Å². The van der Waals surface area contributed by atoms with Crippen molar-refractivity contribution in [1.29, 1.82) is 0 Å². The maximum absolute atomic E-state index is 13.5. The standard InChI is InChI=1S/C17H14ClF2N3O3/c18-14-12(5-9(19)7-21-14)16(24)26-17(25)13-6-10(20)8-22-15(13)23-11-3-1-2-4-11/h5-8,11H,1-4H2,(H,22,23). The molecular formula is C17H14ClF2N3O3. The van der Waals surface area contributed by atoms with Crippen LogP contribution in [0.1, 0.15) is 46.4 Å². The Bertz CT molecular complexity index is 857. The normalized spacial score (nSPS) is 14.3. The topological polar surface area (TPSA) is 81.2 Å². The monoisotopic (exact) mass is 381 g/mol. The number of halogens is 3. The lowest BCUT2D eigenvalue weighted by molar-refractivity contribution is 0.0397. The zero-order valence-corrected chi connectivity index (χ0v) is 14.2. The van der Waals surface area contributed by atoms with Crippen LogP contribution in [-0.4, -0.2) is 27.9 Å². The lowest BCUT2D eigenvalue weighted by atomic mass is 10.2. The zero-order valence-electron chi connectivity index (χ0n) is 13.5. The van der Waals surface area contributed by atoms with Crippen LogP contribution in [0.2, 0.25) is 5.15 Å². The summed E-state index contributed by atoms with van der Waals surface area (Å²) in [5.41, 5.74) is -0.639. The van der Waals surface area contributed by atoms with E-state index in [0.29, 0.717) is 0 Å². The highest BCUT2D eigenvalue weighted by molar-refractivity contribution is 6.32. The predicted molar refractivity (Wildman–Crippen MR) is 89.0 cm³/mol. The summed E-state index contributed by atoms with van der Waals surface area (Å²) >= 11 is 5.72. The van der Waals surface area contributed by atoms with Crippen LogP contribution in [0.4, 0.5) is 14.6 Å². The number of rotatable bonds is 4. The number of anilines is 1. The molecule has 0 bridgehead atoms. The van der Waals surface area contributed by atoms with Gasteiger partial charge in [0.05, 0.1) is 12.4 Å². The van der Waals surface area contributed by atoms with Gasteiger partial charge in [0.1, 0.15) is 33.7 Å². The SMILES string of the molecule is O=C(OC(=O)c1cc(F)cnc1NC1CCCC1)c1cc(F)cnc1Cl. The Kier molecular flexibility index (Phi) is 5.41. The number of ether oxygens (including phenoxy) is 1. The maximum atomic E-state index is 13.5. The highest BCUT2D eigenvalue weighted by Crippen LogP contribution is 2.24. The third-order valence-electron chi connectivity index (χ3n) is 3.98. The average molecular weight is 382 g/mol. The van der Waals surface area contributed by atoms with E-state index in [0.717, 1.165) is 50.2 Å². The molecule has 0 aliphatic heterocycles. The summed E-state index contributed by atoms with van der Waals surface area (Å²) in [6, 6.07) is 1.83. The Morgan fingerprint density at radius 2 is 1.62 bits per heavy atom. The fourth-order valence-corrected chi connectivity index (χ4v) is 2.91. The largest absolute Gasteiger partial charge is 0.386 e. The molecule has 3 rings (SSSR count). The Morgan fingerprint density at radius 3 is 2.31 bits per heavy atom. The van der Waals surface area contributed by atoms with Crippen molar-refractivity contribution in [3.63, 3.8) is 0 Å². The highest BCUT2D eigenvalue weighted by Gasteiger charge is 2.24. The Morgan fingerprint density at radius 1 is 1.04 bits per heavy atom. The fraction of sp³-hybridized carbons (Fsp3) is 0.294.